The Morgan fingerprint density at radius 1 is 1.07 bits per heavy atom. The molecule has 0 saturated heterocycles. The van der Waals surface area contributed by atoms with Crippen LogP contribution in [0.1, 0.15) is 30.0 Å². The number of benzene rings is 2. The number of hydrogen-bond acceptors (Lipinski definition) is 5. The van der Waals surface area contributed by atoms with Crippen LogP contribution < -0.4 is 4.90 Å². The standard InChI is InChI=1S/C22H20FNO5/c1-13(25)24-18-12-16(23)8-9-17(18)20(22(24)27)21(29-3)15-6-4-5-14(11-15)7-10-19(26)28-2/h4-6,8-9,11-12H,7,10H2,1-3H3/b21-20+. The smallest absolute Gasteiger partial charge is 0.305 e. The Labute approximate surface area is 167 Å². The fourth-order valence-electron chi connectivity index (χ4n) is 3.35. The van der Waals surface area contributed by atoms with Crippen molar-refractivity contribution in [2.75, 3.05) is 19.1 Å². The molecule has 0 saturated carbocycles. The quantitative estimate of drug-likeness (QED) is 0.440. The highest BCUT2D eigenvalue weighted by Crippen LogP contribution is 2.41. The van der Waals surface area contributed by atoms with Crippen LogP contribution in [0.3, 0.4) is 0 Å². The molecule has 3 rings (SSSR count). The molecule has 29 heavy (non-hydrogen) atoms. The number of halogens is 1. The first-order valence-electron chi connectivity index (χ1n) is 8.96. The minimum absolute atomic E-state index is 0.183. The number of ether oxygens (including phenoxy) is 2. The zero-order valence-electron chi connectivity index (χ0n) is 16.3. The number of fused-ring (bicyclic) bond motifs is 1. The zero-order chi connectivity index (χ0) is 21.1. The second kappa shape index (κ2) is 8.26. The summed E-state index contributed by atoms with van der Waals surface area (Å²) >= 11 is 0. The van der Waals surface area contributed by atoms with Crippen LogP contribution in [0.25, 0.3) is 11.3 Å². The van der Waals surface area contributed by atoms with Crippen LogP contribution in [-0.2, 0) is 30.3 Å². The van der Waals surface area contributed by atoms with Crippen molar-refractivity contribution in [3.05, 3.63) is 65.0 Å². The average Bonchev–Trinajstić information content (AvgIpc) is 2.98. The first-order chi connectivity index (χ1) is 13.9. The highest BCUT2D eigenvalue weighted by atomic mass is 19.1. The maximum atomic E-state index is 13.8. The molecule has 7 heteroatoms. The Kier molecular flexibility index (Phi) is 5.77. The van der Waals surface area contributed by atoms with Gasteiger partial charge in [0.2, 0.25) is 5.91 Å². The van der Waals surface area contributed by atoms with E-state index in [2.05, 4.69) is 4.74 Å². The van der Waals surface area contributed by atoms with Gasteiger partial charge in [-0.25, -0.2) is 9.29 Å². The number of amides is 2. The molecule has 6 nitrogen and oxygen atoms in total. The molecule has 1 aliphatic heterocycles. The lowest BCUT2D eigenvalue weighted by Gasteiger charge is -2.13. The highest BCUT2D eigenvalue weighted by molar-refractivity contribution is 6.42. The Bertz CT molecular complexity index is 1030. The average molecular weight is 397 g/mol. The van der Waals surface area contributed by atoms with Gasteiger partial charge in [-0.1, -0.05) is 18.2 Å². The maximum Gasteiger partial charge on any atom is 0.305 e. The number of hydrogen-bond donors (Lipinski definition) is 0. The van der Waals surface area contributed by atoms with Crippen molar-refractivity contribution >= 4 is 34.8 Å². The van der Waals surface area contributed by atoms with Gasteiger partial charge >= 0.3 is 5.97 Å². The normalized spacial score (nSPS) is 14.5. The van der Waals surface area contributed by atoms with Crippen molar-refractivity contribution in [3.8, 4) is 0 Å². The molecule has 1 heterocycles. The van der Waals surface area contributed by atoms with Crippen molar-refractivity contribution in [2.45, 2.75) is 19.8 Å². The van der Waals surface area contributed by atoms with Crippen LogP contribution in [0.2, 0.25) is 0 Å². The molecule has 0 N–H and O–H groups in total. The number of carbonyl (C=O) groups is 3. The summed E-state index contributed by atoms with van der Waals surface area (Å²) in [7, 11) is 2.76. The third-order valence-corrected chi connectivity index (χ3v) is 4.67. The van der Waals surface area contributed by atoms with Gasteiger partial charge in [0, 0.05) is 24.5 Å². The minimum atomic E-state index is -0.574. The number of esters is 1. The van der Waals surface area contributed by atoms with Gasteiger partial charge in [0.1, 0.15) is 11.6 Å². The van der Waals surface area contributed by atoms with Crippen LogP contribution in [0.4, 0.5) is 10.1 Å². The van der Waals surface area contributed by atoms with E-state index in [0.717, 1.165) is 16.5 Å². The molecule has 0 spiro atoms. The second-order valence-corrected chi connectivity index (χ2v) is 6.51. The van der Waals surface area contributed by atoms with E-state index in [0.29, 0.717) is 17.5 Å². The molecule has 0 unspecified atom stereocenters. The topological polar surface area (TPSA) is 72.9 Å². The van der Waals surface area contributed by atoms with E-state index in [1.165, 1.54) is 33.3 Å². The monoisotopic (exact) mass is 397 g/mol. The Morgan fingerprint density at radius 2 is 1.83 bits per heavy atom. The molecular formula is C22H20FNO5. The molecule has 0 aromatic heterocycles. The number of imide groups is 1. The summed E-state index contributed by atoms with van der Waals surface area (Å²) in [4.78, 5) is 37.4. The largest absolute Gasteiger partial charge is 0.495 e. The van der Waals surface area contributed by atoms with Gasteiger partial charge in [-0.3, -0.25) is 14.4 Å². The van der Waals surface area contributed by atoms with E-state index in [1.807, 2.05) is 12.1 Å². The summed E-state index contributed by atoms with van der Waals surface area (Å²) in [5.41, 5.74) is 2.26. The lowest BCUT2D eigenvalue weighted by atomic mass is 9.99. The number of nitrogens with zero attached hydrogens (tertiary/aromatic N) is 1. The molecule has 150 valence electrons. The van der Waals surface area contributed by atoms with Gasteiger partial charge in [0.25, 0.3) is 5.91 Å². The van der Waals surface area contributed by atoms with E-state index < -0.39 is 17.6 Å². The molecule has 0 atom stereocenters. The van der Waals surface area contributed by atoms with Gasteiger partial charge in [-0.05, 0) is 36.2 Å². The SMILES string of the molecule is COC(=O)CCc1cccc(/C(OC)=C2\C(=O)N(C(C)=O)c3cc(F)ccc32)c1. The minimum Gasteiger partial charge on any atom is -0.495 e. The predicted molar refractivity (Wildman–Crippen MR) is 105 cm³/mol. The summed E-state index contributed by atoms with van der Waals surface area (Å²) in [6.45, 7) is 1.25. The predicted octanol–water partition coefficient (Wildman–Crippen LogP) is 3.34. The van der Waals surface area contributed by atoms with Crippen molar-refractivity contribution in [1.82, 2.24) is 0 Å². The summed E-state index contributed by atoms with van der Waals surface area (Å²) in [6, 6.07) is 11.1. The lowest BCUT2D eigenvalue weighted by Crippen LogP contribution is -2.31. The first kappa shape index (κ1) is 20.3. The first-order valence-corrected chi connectivity index (χ1v) is 8.96. The molecular weight excluding hydrogens is 377 g/mol. The molecule has 0 radical (unpaired) electrons. The molecule has 2 amide bonds. The molecule has 0 fully saturated rings. The summed E-state index contributed by atoms with van der Waals surface area (Å²) in [5, 5.41) is 0. The van der Waals surface area contributed by atoms with Gasteiger partial charge in [-0.2, -0.15) is 0 Å². The Morgan fingerprint density at radius 3 is 2.48 bits per heavy atom. The lowest BCUT2D eigenvalue weighted by molar-refractivity contribution is -0.140. The maximum absolute atomic E-state index is 13.8. The number of methoxy groups -OCH3 is 2. The van der Waals surface area contributed by atoms with Crippen molar-refractivity contribution < 1.29 is 28.2 Å². The van der Waals surface area contributed by atoms with Crippen LogP contribution in [0.15, 0.2) is 42.5 Å². The Hall–Kier alpha value is -3.48. The van der Waals surface area contributed by atoms with Crippen molar-refractivity contribution in [3.63, 3.8) is 0 Å². The third-order valence-electron chi connectivity index (χ3n) is 4.67. The molecule has 0 aliphatic carbocycles. The number of rotatable bonds is 5. The Balaban J connectivity index is 2.10. The van der Waals surface area contributed by atoms with Crippen LogP contribution in [-0.4, -0.2) is 32.0 Å². The molecule has 1 aliphatic rings. The molecule has 2 aromatic carbocycles. The number of carbonyl (C=O) groups excluding carboxylic acids is 3. The summed E-state index contributed by atoms with van der Waals surface area (Å²) in [6.07, 6.45) is 0.681. The molecule has 2 aromatic rings. The van der Waals surface area contributed by atoms with Gasteiger partial charge in [0.15, 0.2) is 0 Å². The van der Waals surface area contributed by atoms with Crippen molar-refractivity contribution in [1.29, 1.82) is 0 Å². The van der Waals surface area contributed by atoms with E-state index in [9.17, 15) is 18.8 Å². The zero-order valence-corrected chi connectivity index (χ0v) is 16.3. The summed E-state index contributed by atoms with van der Waals surface area (Å²) in [5.74, 6) is -1.69. The highest BCUT2D eigenvalue weighted by Gasteiger charge is 2.38. The van der Waals surface area contributed by atoms with Crippen molar-refractivity contribution in [2.24, 2.45) is 0 Å². The van der Waals surface area contributed by atoms with E-state index >= 15 is 0 Å². The number of anilines is 1. The van der Waals surface area contributed by atoms with E-state index in [-0.39, 0.29) is 29.4 Å². The fraction of sp³-hybridized carbons (Fsp3) is 0.227. The van der Waals surface area contributed by atoms with Crippen LogP contribution in [0, 0.1) is 5.82 Å². The summed E-state index contributed by atoms with van der Waals surface area (Å²) < 4.78 is 24.0. The van der Waals surface area contributed by atoms with E-state index in [1.54, 1.807) is 12.1 Å². The third kappa shape index (κ3) is 3.89. The van der Waals surface area contributed by atoms with Crippen LogP contribution >= 0.6 is 0 Å². The fourth-order valence-corrected chi connectivity index (χ4v) is 3.35. The van der Waals surface area contributed by atoms with Gasteiger partial charge in [0.05, 0.1) is 25.5 Å². The van der Waals surface area contributed by atoms with Gasteiger partial charge < -0.3 is 9.47 Å². The van der Waals surface area contributed by atoms with E-state index in [4.69, 9.17) is 4.74 Å². The van der Waals surface area contributed by atoms with Gasteiger partial charge in [-0.15, -0.1) is 0 Å². The van der Waals surface area contributed by atoms with Crippen LogP contribution in [0.5, 0.6) is 0 Å². The second-order valence-electron chi connectivity index (χ2n) is 6.51. The molecule has 0 bridgehead atoms. The number of aryl methyl sites for hydroxylation is 1.